The van der Waals surface area contributed by atoms with E-state index in [0.29, 0.717) is 13.2 Å². The standard InChI is InChI=1S/C18H27FN6O/c1-3-4-17(18-20-21-22-25(18)13-14-26-2)24-11-9-23(10-12-24)16-7-5-15(19)6-8-16/h5-8,17H,3-4,9-14H2,1-2H3/t17-/m0/s1. The highest BCUT2D eigenvalue weighted by atomic mass is 19.1. The van der Waals surface area contributed by atoms with Gasteiger partial charge in [-0.15, -0.1) is 5.10 Å². The van der Waals surface area contributed by atoms with E-state index in [1.807, 2.05) is 16.8 Å². The van der Waals surface area contributed by atoms with Crippen molar-refractivity contribution in [3.05, 3.63) is 35.9 Å². The van der Waals surface area contributed by atoms with E-state index in [9.17, 15) is 4.39 Å². The molecule has 0 bridgehead atoms. The molecule has 0 N–H and O–H groups in total. The molecule has 0 aliphatic carbocycles. The maximum absolute atomic E-state index is 13.1. The summed E-state index contributed by atoms with van der Waals surface area (Å²) in [5.74, 6) is 0.720. The van der Waals surface area contributed by atoms with Gasteiger partial charge in [0.25, 0.3) is 0 Å². The molecule has 0 radical (unpaired) electrons. The van der Waals surface area contributed by atoms with Crippen molar-refractivity contribution < 1.29 is 9.13 Å². The highest BCUT2D eigenvalue weighted by Crippen LogP contribution is 2.26. The lowest BCUT2D eigenvalue weighted by Crippen LogP contribution is -2.48. The van der Waals surface area contributed by atoms with E-state index < -0.39 is 0 Å². The van der Waals surface area contributed by atoms with Gasteiger partial charge in [-0.25, -0.2) is 9.07 Å². The number of hydrogen-bond acceptors (Lipinski definition) is 6. The average molecular weight is 362 g/mol. The first-order valence-corrected chi connectivity index (χ1v) is 9.22. The van der Waals surface area contributed by atoms with Gasteiger partial charge in [0, 0.05) is 39.0 Å². The van der Waals surface area contributed by atoms with Gasteiger partial charge in [-0.1, -0.05) is 13.3 Å². The fourth-order valence-electron chi connectivity index (χ4n) is 3.48. The Hall–Kier alpha value is -2.06. The SMILES string of the molecule is CCC[C@@H](c1nnnn1CCOC)N1CCN(c2ccc(F)cc2)CC1. The number of piperazine rings is 1. The zero-order chi connectivity index (χ0) is 18.4. The summed E-state index contributed by atoms with van der Waals surface area (Å²) in [6.45, 7) is 7.12. The summed E-state index contributed by atoms with van der Waals surface area (Å²) >= 11 is 0. The molecule has 0 amide bonds. The number of ether oxygens (including phenoxy) is 1. The van der Waals surface area contributed by atoms with Crippen LogP contribution in [0.5, 0.6) is 0 Å². The Bertz CT molecular complexity index is 669. The Morgan fingerprint density at radius 3 is 2.54 bits per heavy atom. The summed E-state index contributed by atoms with van der Waals surface area (Å²) in [7, 11) is 1.68. The molecule has 3 rings (SSSR count). The lowest BCUT2D eigenvalue weighted by atomic mass is 10.1. The van der Waals surface area contributed by atoms with E-state index in [1.165, 1.54) is 12.1 Å². The van der Waals surface area contributed by atoms with Gasteiger partial charge in [0.1, 0.15) is 5.82 Å². The van der Waals surface area contributed by atoms with Gasteiger partial charge in [0.2, 0.25) is 0 Å². The van der Waals surface area contributed by atoms with Crippen LogP contribution < -0.4 is 4.90 Å². The number of halogens is 1. The number of aromatic nitrogens is 4. The molecule has 2 heterocycles. The lowest BCUT2D eigenvalue weighted by molar-refractivity contribution is 0.153. The van der Waals surface area contributed by atoms with Crippen molar-refractivity contribution in [2.24, 2.45) is 0 Å². The summed E-state index contributed by atoms with van der Waals surface area (Å²) < 4.78 is 20.2. The van der Waals surface area contributed by atoms with Gasteiger partial charge in [-0.05, 0) is 41.1 Å². The molecule has 1 atom stereocenters. The molecule has 1 aliphatic heterocycles. The molecule has 0 unspecified atom stereocenters. The molecular weight excluding hydrogens is 335 g/mol. The van der Waals surface area contributed by atoms with Gasteiger partial charge < -0.3 is 9.64 Å². The second-order valence-corrected chi connectivity index (χ2v) is 6.56. The first-order chi connectivity index (χ1) is 12.7. The van der Waals surface area contributed by atoms with Crippen LogP contribution in [0.15, 0.2) is 24.3 Å². The summed E-state index contributed by atoms with van der Waals surface area (Å²) in [6.07, 6.45) is 2.09. The van der Waals surface area contributed by atoms with Crippen molar-refractivity contribution in [3.63, 3.8) is 0 Å². The normalized spacial score (nSPS) is 16.8. The van der Waals surface area contributed by atoms with Crippen LogP contribution in [-0.2, 0) is 11.3 Å². The molecule has 1 aromatic carbocycles. The minimum Gasteiger partial charge on any atom is -0.383 e. The first kappa shape index (κ1) is 18.7. The average Bonchev–Trinajstić information content (AvgIpc) is 3.13. The predicted octanol–water partition coefficient (Wildman–Crippen LogP) is 2.12. The summed E-state index contributed by atoms with van der Waals surface area (Å²) in [5, 5.41) is 12.3. The maximum atomic E-state index is 13.1. The number of hydrogen-bond donors (Lipinski definition) is 0. The number of methoxy groups -OCH3 is 1. The zero-order valence-electron chi connectivity index (χ0n) is 15.5. The van der Waals surface area contributed by atoms with Crippen LogP contribution in [0.3, 0.4) is 0 Å². The van der Waals surface area contributed by atoms with Crippen molar-refractivity contribution >= 4 is 5.69 Å². The third-order valence-corrected chi connectivity index (χ3v) is 4.87. The Balaban J connectivity index is 1.67. The van der Waals surface area contributed by atoms with E-state index in [-0.39, 0.29) is 11.9 Å². The zero-order valence-corrected chi connectivity index (χ0v) is 15.5. The molecule has 26 heavy (non-hydrogen) atoms. The van der Waals surface area contributed by atoms with Crippen LogP contribution in [0, 0.1) is 5.82 Å². The smallest absolute Gasteiger partial charge is 0.168 e. The lowest BCUT2D eigenvalue weighted by Gasteiger charge is -2.39. The number of benzene rings is 1. The quantitative estimate of drug-likeness (QED) is 0.717. The van der Waals surface area contributed by atoms with Crippen LogP contribution >= 0.6 is 0 Å². The topological polar surface area (TPSA) is 59.3 Å². The van der Waals surface area contributed by atoms with E-state index in [1.54, 1.807) is 7.11 Å². The molecule has 2 aromatic rings. The molecular formula is C18H27FN6O. The van der Waals surface area contributed by atoms with E-state index in [4.69, 9.17) is 4.74 Å². The predicted molar refractivity (Wildman–Crippen MR) is 97.5 cm³/mol. The molecule has 1 aliphatic rings. The van der Waals surface area contributed by atoms with Crippen molar-refractivity contribution in [1.82, 2.24) is 25.1 Å². The second kappa shape index (κ2) is 9.05. The van der Waals surface area contributed by atoms with E-state index >= 15 is 0 Å². The van der Waals surface area contributed by atoms with Gasteiger partial charge in [0.15, 0.2) is 5.82 Å². The number of rotatable bonds is 8. The molecule has 7 nitrogen and oxygen atoms in total. The fourth-order valence-corrected chi connectivity index (χ4v) is 3.48. The molecule has 0 spiro atoms. The summed E-state index contributed by atoms with van der Waals surface area (Å²) in [4.78, 5) is 4.76. The third-order valence-electron chi connectivity index (χ3n) is 4.87. The fraction of sp³-hybridized carbons (Fsp3) is 0.611. The monoisotopic (exact) mass is 362 g/mol. The van der Waals surface area contributed by atoms with Gasteiger partial charge in [-0.2, -0.15) is 0 Å². The Morgan fingerprint density at radius 2 is 1.88 bits per heavy atom. The van der Waals surface area contributed by atoms with Crippen molar-refractivity contribution in [1.29, 1.82) is 0 Å². The van der Waals surface area contributed by atoms with E-state index in [0.717, 1.165) is 50.5 Å². The molecule has 1 aromatic heterocycles. The van der Waals surface area contributed by atoms with Crippen LogP contribution in [0.4, 0.5) is 10.1 Å². The Labute approximate surface area is 153 Å². The molecule has 1 saturated heterocycles. The van der Waals surface area contributed by atoms with E-state index in [2.05, 4.69) is 32.2 Å². The van der Waals surface area contributed by atoms with Crippen molar-refractivity contribution in [2.45, 2.75) is 32.4 Å². The molecule has 8 heteroatoms. The minimum atomic E-state index is -0.196. The largest absolute Gasteiger partial charge is 0.383 e. The van der Waals surface area contributed by atoms with Gasteiger partial charge in [0.05, 0.1) is 19.2 Å². The minimum absolute atomic E-state index is 0.196. The first-order valence-electron chi connectivity index (χ1n) is 9.22. The maximum Gasteiger partial charge on any atom is 0.168 e. The number of nitrogens with zero attached hydrogens (tertiary/aromatic N) is 6. The van der Waals surface area contributed by atoms with Crippen LogP contribution in [0.25, 0.3) is 0 Å². The number of anilines is 1. The second-order valence-electron chi connectivity index (χ2n) is 6.56. The Morgan fingerprint density at radius 1 is 1.15 bits per heavy atom. The van der Waals surface area contributed by atoms with Crippen molar-refractivity contribution in [3.8, 4) is 0 Å². The summed E-state index contributed by atoms with van der Waals surface area (Å²) in [5.41, 5.74) is 1.07. The molecule has 142 valence electrons. The van der Waals surface area contributed by atoms with Gasteiger partial charge >= 0.3 is 0 Å². The molecule has 1 fully saturated rings. The van der Waals surface area contributed by atoms with Crippen molar-refractivity contribution in [2.75, 3.05) is 44.8 Å². The van der Waals surface area contributed by atoms with Crippen LogP contribution in [-0.4, -0.2) is 65.0 Å². The highest BCUT2D eigenvalue weighted by molar-refractivity contribution is 5.46. The Kier molecular flexibility index (Phi) is 6.51. The highest BCUT2D eigenvalue weighted by Gasteiger charge is 2.28. The van der Waals surface area contributed by atoms with Crippen LogP contribution in [0.1, 0.15) is 31.6 Å². The number of tetrazole rings is 1. The molecule has 0 saturated carbocycles. The van der Waals surface area contributed by atoms with Crippen LogP contribution in [0.2, 0.25) is 0 Å². The van der Waals surface area contributed by atoms with Gasteiger partial charge in [-0.3, -0.25) is 4.90 Å². The third kappa shape index (κ3) is 4.37. The summed E-state index contributed by atoms with van der Waals surface area (Å²) in [6, 6.07) is 6.94.